The molecule has 1 amide bonds. The Morgan fingerprint density at radius 3 is 2.68 bits per heavy atom. The van der Waals surface area contributed by atoms with Crippen LogP contribution in [0.1, 0.15) is 31.7 Å². The predicted octanol–water partition coefficient (Wildman–Crippen LogP) is 2.70. The SMILES string of the molecule is CCNC(=NCc1cc(Cl)c2c(c1)OCCCO2)NCCNC(=O)C1CC1.I. The van der Waals surface area contributed by atoms with E-state index in [2.05, 4.69) is 20.9 Å². The maximum atomic E-state index is 11.6. The minimum absolute atomic E-state index is 0. The number of aliphatic imine (C=N–C) groups is 1. The molecule has 0 saturated heterocycles. The number of hydrogen-bond acceptors (Lipinski definition) is 4. The van der Waals surface area contributed by atoms with Gasteiger partial charge in [0.25, 0.3) is 0 Å². The van der Waals surface area contributed by atoms with Crippen LogP contribution in [0.3, 0.4) is 0 Å². The lowest BCUT2D eigenvalue weighted by atomic mass is 10.2. The summed E-state index contributed by atoms with van der Waals surface area (Å²) in [5.74, 6) is 2.36. The largest absolute Gasteiger partial charge is 0.489 e. The molecule has 7 nitrogen and oxygen atoms in total. The van der Waals surface area contributed by atoms with Gasteiger partial charge in [-0.3, -0.25) is 4.79 Å². The molecule has 1 aliphatic carbocycles. The molecule has 0 bridgehead atoms. The average molecular weight is 523 g/mol. The number of ether oxygens (including phenoxy) is 2. The monoisotopic (exact) mass is 522 g/mol. The van der Waals surface area contributed by atoms with Crippen LogP contribution in [0.2, 0.25) is 5.02 Å². The highest BCUT2D eigenvalue weighted by molar-refractivity contribution is 14.0. The minimum Gasteiger partial charge on any atom is -0.489 e. The van der Waals surface area contributed by atoms with Crippen molar-refractivity contribution < 1.29 is 14.3 Å². The van der Waals surface area contributed by atoms with E-state index in [1.807, 2.05) is 19.1 Å². The molecule has 1 fully saturated rings. The highest BCUT2D eigenvalue weighted by atomic mass is 127. The van der Waals surface area contributed by atoms with E-state index >= 15 is 0 Å². The second kappa shape index (κ2) is 11.5. The molecule has 1 aliphatic heterocycles. The van der Waals surface area contributed by atoms with Crippen molar-refractivity contribution in [3.63, 3.8) is 0 Å². The molecule has 3 N–H and O–H groups in total. The molecule has 0 atom stereocenters. The van der Waals surface area contributed by atoms with Crippen molar-refractivity contribution in [2.75, 3.05) is 32.8 Å². The van der Waals surface area contributed by atoms with Gasteiger partial charge < -0.3 is 25.4 Å². The summed E-state index contributed by atoms with van der Waals surface area (Å²) in [5, 5.41) is 9.90. The lowest BCUT2D eigenvalue weighted by molar-refractivity contribution is -0.122. The van der Waals surface area contributed by atoms with E-state index in [1.54, 1.807) is 0 Å². The molecular formula is C19H28ClIN4O3. The summed E-state index contributed by atoms with van der Waals surface area (Å²) in [4.78, 5) is 16.2. The second-order valence-corrected chi connectivity index (χ2v) is 7.05. The first-order chi connectivity index (χ1) is 13.2. The summed E-state index contributed by atoms with van der Waals surface area (Å²) >= 11 is 6.33. The number of benzene rings is 1. The third-order valence-electron chi connectivity index (χ3n) is 4.29. The van der Waals surface area contributed by atoms with Crippen LogP contribution >= 0.6 is 35.6 Å². The number of hydrogen-bond donors (Lipinski definition) is 3. The Morgan fingerprint density at radius 1 is 1.18 bits per heavy atom. The van der Waals surface area contributed by atoms with Crippen LogP contribution in [-0.4, -0.2) is 44.7 Å². The first kappa shape index (κ1) is 22.9. The number of nitrogens with one attached hydrogen (secondary N) is 3. The van der Waals surface area contributed by atoms with Gasteiger partial charge in [-0.1, -0.05) is 11.6 Å². The Bertz CT molecular complexity index is 698. The van der Waals surface area contributed by atoms with E-state index in [9.17, 15) is 4.79 Å². The summed E-state index contributed by atoms with van der Waals surface area (Å²) in [7, 11) is 0. The fraction of sp³-hybridized carbons (Fsp3) is 0.579. The lowest BCUT2D eigenvalue weighted by Crippen LogP contribution is -2.41. The number of amides is 1. The van der Waals surface area contributed by atoms with Crippen molar-refractivity contribution in [1.82, 2.24) is 16.0 Å². The summed E-state index contributed by atoms with van der Waals surface area (Å²) in [6, 6.07) is 3.79. The molecule has 1 aromatic rings. The van der Waals surface area contributed by atoms with Gasteiger partial charge >= 0.3 is 0 Å². The Hall–Kier alpha value is -1.42. The van der Waals surface area contributed by atoms with E-state index in [0.29, 0.717) is 55.3 Å². The second-order valence-electron chi connectivity index (χ2n) is 6.64. The molecule has 3 rings (SSSR count). The van der Waals surface area contributed by atoms with Crippen molar-refractivity contribution >= 4 is 47.4 Å². The van der Waals surface area contributed by atoms with E-state index in [4.69, 9.17) is 21.1 Å². The molecule has 0 aromatic heterocycles. The highest BCUT2D eigenvalue weighted by Crippen LogP contribution is 2.38. The van der Waals surface area contributed by atoms with E-state index < -0.39 is 0 Å². The maximum Gasteiger partial charge on any atom is 0.223 e. The zero-order valence-corrected chi connectivity index (χ0v) is 19.1. The fourth-order valence-electron chi connectivity index (χ4n) is 2.74. The van der Waals surface area contributed by atoms with Crippen molar-refractivity contribution in [3.8, 4) is 11.5 Å². The van der Waals surface area contributed by atoms with Gasteiger partial charge in [0, 0.05) is 32.0 Å². The van der Waals surface area contributed by atoms with Gasteiger partial charge in [0.05, 0.1) is 24.8 Å². The van der Waals surface area contributed by atoms with Crippen LogP contribution in [0, 0.1) is 5.92 Å². The molecule has 2 aliphatic rings. The van der Waals surface area contributed by atoms with E-state index in [-0.39, 0.29) is 35.8 Å². The fourth-order valence-corrected chi connectivity index (χ4v) is 3.03. The number of carbonyl (C=O) groups is 1. The topological polar surface area (TPSA) is 84.0 Å². The first-order valence-corrected chi connectivity index (χ1v) is 9.93. The standard InChI is InChI=1S/C19H27ClN4O3.HI/c1-2-21-19(23-7-6-22-18(25)14-4-5-14)24-12-13-10-15(20)17-16(11-13)26-8-3-9-27-17;/h10-11,14H,2-9,12H2,1H3,(H,22,25)(H2,21,23,24);1H. The molecule has 0 spiro atoms. The van der Waals surface area contributed by atoms with Crippen LogP contribution < -0.4 is 25.4 Å². The van der Waals surface area contributed by atoms with Crippen molar-refractivity contribution in [1.29, 1.82) is 0 Å². The molecule has 0 radical (unpaired) electrons. The van der Waals surface area contributed by atoms with Crippen LogP contribution in [-0.2, 0) is 11.3 Å². The molecule has 1 saturated carbocycles. The van der Waals surface area contributed by atoms with Gasteiger partial charge in [0.1, 0.15) is 0 Å². The van der Waals surface area contributed by atoms with Gasteiger partial charge in [0.2, 0.25) is 5.91 Å². The number of fused-ring (bicyclic) bond motifs is 1. The van der Waals surface area contributed by atoms with Gasteiger partial charge in [-0.05, 0) is 37.5 Å². The zero-order chi connectivity index (χ0) is 19.1. The summed E-state index contributed by atoms with van der Waals surface area (Å²) in [6.45, 7) is 5.64. The summed E-state index contributed by atoms with van der Waals surface area (Å²) in [6.07, 6.45) is 2.87. The van der Waals surface area contributed by atoms with E-state index in [0.717, 1.165) is 31.4 Å². The Labute approximate surface area is 188 Å². The summed E-state index contributed by atoms with van der Waals surface area (Å²) < 4.78 is 11.4. The van der Waals surface area contributed by atoms with Crippen molar-refractivity contribution in [2.45, 2.75) is 32.7 Å². The quantitative estimate of drug-likeness (QED) is 0.222. The van der Waals surface area contributed by atoms with Crippen LogP contribution in [0.25, 0.3) is 0 Å². The average Bonchev–Trinajstić information content (AvgIpc) is 3.49. The zero-order valence-electron chi connectivity index (χ0n) is 16.1. The maximum absolute atomic E-state index is 11.6. The minimum atomic E-state index is 0. The number of halogens is 2. The molecule has 0 unspecified atom stereocenters. The van der Waals surface area contributed by atoms with Crippen LogP contribution in [0.4, 0.5) is 0 Å². The predicted molar refractivity (Wildman–Crippen MR) is 121 cm³/mol. The van der Waals surface area contributed by atoms with Crippen LogP contribution in [0.15, 0.2) is 17.1 Å². The molecule has 1 aromatic carbocycles. The normalized spacial score (nSPS) is 15.9. The third kappa shape index (κ3) is 6.88. The number of rotatable bonds is 7. The smallest absolute Gasteiger partial charge is 0.223 e. The van der Waals surface area contributed by atoms with Gasteiger partial charge in [-0.25, -0.2) is 4.99 Å². The molecule has 156 valence electrons. The molecule has 9 heteroatoms. The Kier molecular flexibility index (Phi) is 9.43. The van der Waals surface area contributed by atoms with E-state index in [1.165, 1.54) is 0 Å². The lowest BCUT2D eigenvalue weighted by Gasteiger charge is -2.13. The van der Waals surface area contributed by atoms with Gasteiger partial charge in [-0.15, -0.1) is 24.0 Å². The molecule has 1 heterocycles. The van der Waals surface area contributed by atoms with Gasteiger partial charge in [0.15, 0.2) is 17.5 Å². The van der Waals surface area contributed by atoms with Crippen molar-refractivity contribution in [3.05, 3.63) is 22.7 Å². The third-order valence-corrected chi connectivity index (χ3v) is 4.57. The van der Waals surface area contributed by atoms with Crippen molar-refractivity contribution in [2.24, 2.45) is 10.9 Å². The number of carbonyl (C=O) groups excluding carboxylic acids is 1. The Morgan fingerprint density at radius 2 is 1.93 bits per heavy atom. The highest BCUT2D eigenvalue weighted by Gasteiger charge is 2.28. The summed E-state index contributed by atoms with van der Waals surface area (Å²) in [5.41, 5.74) is 0.948. The molecular weight excluding hydrogens is 495 g/mol. The number of guanidine groups is 1. The first-order valence-electron chi connectivity index (χ1n) is 9.55. The Balaban J connectivity index is 0.00000280. The van der Waals surface area contributed by atoms with Gasteiger partial charge in [-0.2, -0.15) is 0 Å². The van der Waals surface area contributed by atoms with Crippen LogP contribution in [0.5, 0.6) is 11.5 Å². The molecule has 28 heavy (non-hydrogen) atoms. The number of nitrogens with zero attached hydrogens (tertiary/aromatic N) is 1.